The molecule has 0 heterocycles. The van der Waals surface area contributed by atoms with Crippen LogP contribution in [0.1, 0.15) is 15.9 Å². The summed E-state index contributed by atoms with van der Waals surface area (Å²) >= 11 is 0. The van der Waals surface area contributed by atoms with Crippen molar-refractivity contribution in [3.8, 4) is 0 Å². The first-order valence-corrected chi connectivity index (χ1v) is 8.28. The van der Waals surface area contributed by atoms with E-state index < -0.39 is 15.7 Å². The average molecular weight is 319 g/mol. The molecule has 5 nitrogen and oxygen atoms in total. The van der Waals surface area contributed by atoms with Crippen LogP contribution in [0.3, 0.4) is 0 Å². The first-order valence-electron chi connectivity index (χ1n) is 6.63. The van der Waals surface area contributed by atoms with Gasteiger partial charge in [-0.1, -0.05) is 36.4 Å². The van der Waals surface area contributed by atoms with E-state index in [4.69, 9.17) is 4.84 Å². The zero-order chi connectivity index (χ0) is 16.2. The molecule has 116 valence electrons. The van der Waals surface area contributed by atoms with Crippen LogP contribution in [0, 0.1) is 0 Å². The van der Waals surface area contributed by atoms with Gasteiger partial charge < -0.3 is 0 Å². The van der Waals surface area contributed by atoms with E-state index >= 15 is 0 Å². The van der Waals surface area contributed by atoms with Crippen molar-refractivity contribution in [1.29, 1.82) is 0 Å². The van der Waals surface area contributed by atoms with Crippen LogP contribution >= 0.6 is 0 Å². The van der Waals surface area contributed by atoms with Gasteiger partial charge in [0.2, 0.25) is 0 Å². The fraction of sp³-hybridized carbons (Fsp3) is 0.188. The number of hydrogen-bond donors (Lipinski definition) is 0. The van der Waals surface area contributed by atoms with E-state index in [9.17, 15) is 13.2 Å². The largest absolute Gasteiger partial charge is 0.277 e. The molecule has 0 radical (unpaired) electrons. The van der Waals surface area contributed by atoms with Crippen LogP contribution in [-0.2, 0) is 20.4 Å². The summed E-state index contributed by atoms with van der Waals surface area (Å²) in [4.78, 5) is 17.0. The lowest BCUT2D eigenvalue weighted by molar-refractivity contribution is -0.0757. The zero-order valence-electron chi connectivity index (χ0n) is 12.4. The van der Waals surface area contributed by atoms with Crippen molar-refractivity contribution in [2.75, 3.05) is 14.2 Å². The minimum Gasteiger partial charge on any atom is -0.274 e. The van der Waals surface area contributed by atoms with E-state index in [0.717, 1.165) is 5.06 Å². The summed E-state index contributed by atoms with van der Waals surface area (Å²) in [6.07, 6.45) is 0. The van der Waals surface area contributed by atoms with E-state index in [-0.39, 0.29) is 16.2 Å². The Labute approximate surface area is 130 Å². The number of hydrogen-bond acceptors (Lipinski definition) is 4. The first kappa shape index (κ1) is 16.2. The maximum Gasteiger partial charge on any atom is 0.277 e. The predicted molar refractivity (Wildman–Crippen MR) is 82.9 cm³/mol. The number of rotatable bonds is 5. The Balaban J connectivity index is 2.30. The summed E-state index contributed by atoms with van der Waals surface area (Å²) < 4.78 is 24.9. The van der Waals surface area contributed by atoms with E-state index in [1.165, 1.54) is 26.3 Å². The molecule has 0 atom stereocenters. The van der Waals surface area contributed by atoms with Crippen molar-refractivity contribution in [2.45, 2.75) is 10.6 Å². The molecule has 2 rings (SSSR count). The normalized spacial score (nSPS) is 11.2. The smallest absolute Gasteiger partial charge is 0.274 e. The van der Waals surface area contributed by atoms with Gasteiger partial charge in [-0.25, -0.2) is 13.5 Å². The minimum atomic E-state index is -3.51. The van der Waals surface area contributed by atoms with Gasteiger partial charge in [-0.05, 0) is 23.8 Å². The maximum absolute atomic E-state index is 12.5. The van der Waals surface area contributed by atoms with Crippen molar-refractivity contribution in [3.63, 3.8) is 0 Å². The molecule has 22 heavy (non-hydrogen) atoms. The van der Waals surface area contributed by atoms with Crippen LogP contribution in [0.25, 0.3) is 0 Å². The Hall–Kier alpha value is -2.18. The molecule has 0 fully saturated rings. The number of carbonyl (C=O) groups is 1. The van der Waals surface area contributed by atoms with Crippen LogP contribution in [0.5, 0.6) is 0 Å². The monoisotopic (exact) mass is 319 g/mol. The third-order valence-electron chi connectivity index (χ3n) is 3.20. The first-order chi connectivity index (χ1) is 10.4. The Kier molecular flexibility index (Phi) is 4.95. The lowest BCUT2D eigenvalue weighted by Crippen LogP contribution is -2.25. The molecule has 0 spiro atoms. The van der Waals surface area contributed by atoms with Crippen LogP contribution < -0.4 is 0 Å². The molecule has 0 aliphatic carbocycles. The van der Waals surface area contributed by atoms with Gasteiger partial charge in [0.15, 0.2) is 9.84 Å². The summed E-state index contributed by atoms with van der Waals surface area (Å²) in [6, 6.07) is 14.9. The molecule has 0 bridgehead atoms. The van der Waals surface area contributed by atoms with Gasteiger partial charge in [0.05, 0.1) is 17.8 Å². The highest BCUT2D eigenvalue weighted by Crippen LogP contribution is 2.18. The lowest BCUT2D eigenvalue weighted by atomic mass is 10.2. The Morgan fingerprint density at radius 3 is 2.41 bits per heavy atom. The molecule has 1 amide bonds. The lowest BCUT2D eigenvalue weighted by Gasteiger charge is -2.14. The van der Waals surface area contributed by atoms with Gasteiger partial charge in [0.25, 0.3) is 5.91 Å². The Bertz CT molecular complexity index is 757. The highest BCUT2D eigenvalue weighted by Gasteiger charge is 2.18. The standard InChI is InChI=1S/C16H17NO4S/c1-17(21-2)16(18)14-9-6-10-15(11-14)22(19,20)12-13-7-4-3-5-8-13/h3-11H,12H2,1-2H3. The minimum absolute atomic E-state index is 0.106. The van der Waals surface area contributed by atoms with Crippen LogP contribution in [0.4, 0.5) is 0 Å². The number of amides is 1. The van der Waals surface area contributed by atoms with Crippen molar-refractivity contribution >= 4 is 15.7 Å². The molecular formula is C16H17NO4S. The van der Waals surface area contributed by atoms with Crippen molar-refractivity contribution < 1.29 is 18.0 Å². The van der Waals surface area contributed by atoms with Gasteiger partial charge >= 0.3 is 0 Å². The van der Waals surface area contributed by atoms with E-state index in [0.29, 0.717) is 5.56 Å². The van der Waals surface area contributed by atoms with Gasteiger partial charge in [-0.2, -0.15) is 0 Å². The van der Waals surface area contributed by atoms with E-state index in [2.05, 4.69) is 0 Å². The van der Waals surface area contributed by atoms with Gasteiger partial charge in [-0.3, -0.25) is 9.63 Å². The molecule has 0 N–H and O–H groups in total. The highest BCUT2D eigenvalue weighted by atomic mass is 32.2. The van der Waals surface area contributed by atoms with Crippen molar-refractivity contribution in [1.82, 2.24) is 5.06 Å². The summed E-state index contributed by atoms with van der Waals surface area (Å²) in [5, 5.41) is 1.04. The zero-order valence-corrected chi connectivity index (χ0v) is 13.2. The molecule has 0 saturated heterocycles. The summed E-state index contributed by atoms with van der Waals surface area (Å²) in [5.74, 6) is -0.509. The fourth-order valence-corrected chi connectivity index (χ4v) is 3.35. The second-order valence-corrected chi connectivity index (χ2v) is 6.75. The summed E-state index contributed by atoms with van der Waals surface area (Å²) in [6.45, 7) is 0. The average Bonchev–Trinajstić information content (AvgIpc) is 2.54. The van der Waals surface area contributed by atoms with Crippen LogP contribution in [-0.4, -0.2) is 33.5 Å². The molecule has 0 aliphatic rings. The molecule has 6 heteroatoms. The number of benzene rings is 2. The Morgan fingerprint density at radius 1 is 1.09 bits per heavy atom. The summed E-state index contributed by atoms with van der Waals surface area (Å²) in [7, 11) is -0.679. The third kappa shape index (κ3) is 3.72. The van der Waals surface area contributed by atoms with Gasteiger partial charge in [-0.15, -0.1) is 0 Å². The fourth-order valence-electron chi connectivity index (χ4n) is 1.96. The second kappa shape index (κ2) is 6.72. The van der Waals surface area contributed by atoms with Crippen LogP contribution in [0.2, 0.25) is 0 Å². The van der Waals surface area contributed by atoms with E-state index in [1.807, 2.05) is 6.07 Å². The van der Waals surface area contributed by atoms with Crippen molar-refractivity contribution in [3.05, 3.63) is 65.7 Å². The van der Waals surface area contributed by atoms with Crippen molar-refractivity contribution in [2.24, 2.45) is 0 Å². The van der Waals surface area contributed by atoms with E-state index in [1.54, 1.807) is 36.4 Å². The number of carbonyl (C=O) groups excluding carboxylic acids is 1. The quantitative estimate of drug-likeness (QED) is 0.793. The molecular weight excluding hydrogens is 302 g/mol. The number of nitrogens with zero attached hydrogens (tertiary/aromatic N) is 1. The topological polar surface area (TPSA) is 63.7 Å². The predicted octanol–water partition coefficient (Wildman–Crippen LogP) is 2.29. The molecule has 0 aliphatic heterocycles. The third-order valence-corrected chi connectivity index (χ3v) is 4.89. The SMILES string of the molecule is CON(C)C(=O)c1cccc(S(=O)(=O)Cc2ccccc2)c1. The summed E-state index contributed by atoms with van der Waals surface area (Å²) in [5.41, 5.74) is 0.965. The molecule has 0 aromatic heterocycles. The maximum atomic E-state index is 12.5. The molecule has 0 saturated carbocycles. The van der Waals surface area contributed by atoms with Gasteiger partial charge in [0, 0.05) is 12.6 Å². The molecule has 0 unspecified atom stereocenters. The number of hydroxylamine groups is 2. The molecule has 2 aromatic carbocycles. The van der Waals surface area contributed by atoms with Crippen LogP contribution in [0.15, 0.2) is 59.5 Å². The highest BCUT2D eigenvalue weighted by molar-refractivity contribution is 7.90. The Morgan fingerprint density at radius 2 is 1.77 bits per heavy atom. The second-order valence-electron chi connectivity index (χ2n) is 4.76. The number of sulfone groups is 1. The molecule has 2 aromatic rings. The van der Waals surface area contributed by atoms with Gasteiger partial charge in [0.1, 0.15) is 0 Å².